The Labute approximate surface area is 118 Å². The highest BCUT2D eigenvalue weighted by Crippen LogP contribution is 2.24. The zero-order chi connectivity index (χ0) is 12.8. The number of nitrogens with one attached hydrogen (secondary N) is 1. The van der Waals surface area contributed by atoms with Gasteiger partial charge in [-0.25, -0.2) is 0 Å². The summed E-state index contributed by atoms with van der Waals surface area (Å²) in [6, 6.07) is 6.65. The second kappa shape index (κ2) is 7.40. The quantitative estimate of drug-likeness (QED) is 0.803. The molecular weight excluding hydrogens is 298 g/mol. The van der Waals surface area contributed by atoms with Gasteiger partial charge in [-0.05, 0) is 49.9 Å². The monoisotopic (exact) mass is 317 g/mol. The zero-order valence-electron chi connectivity index (χ0n) is 10.8. The normalized spacial score (nSPS) is 14.6. The highest BCUT2D eigenvalue weighted by Gasteiger charge is 2.13. The van der Waals surface area contributed by atoms with E-state index in [0.717, 1.165) is 22.5 Å². The van der Waals surface area contributed by atoms with Crippen molar-refractivity contribution in [2.24, 2.45) is 5.92 Å². The van der Waals surface area contributed by atoms with Crippen molar-refractivity contribution in [2.75, 3.05) is 6.54 Å². The van der Waals surface area contributed by atoms with Gasteiger partial charge in [-0.3, -0.25) is 0 Å². The molecule has 96 valence electrons. The lowest BCUT2D eigenvalue weighted by Crippen LogP contribution is -2.33. The summed E-state index contributed by atoms with van der Waals surface area (Å²) in [5.41, 5.74) is 1.23. The Morgan fingerprint density at radius 3 is 2.65 bits per heavy atom. The SMILES string of the molecule is CCCNC(C)C(C)Cc1ccc(Br)cc1Cl. The number of hydrogen-bond acceptors (Lipinski definition) is 1. The van der Waals surface area contributed by atoms with Crippen molar-refractivity contribution in [1.29, 1.82) is 0 Å². The topological polar surface area (TPSA) is 12.0 Å². The summed E-state index contributed by atoms with van der Waals surface area (Å²) in [5.74, 6) is 0.584. The number of hydrogen-bond donors (Lipinski definition) is 1. The van der Waals surface area contributed by atoms with Crippen LogP contribution in [0.4, 0.5) is 0 Å². The lowest BCUT2D eigenvalue weighted by molar-refractivity contribution is 0.399. The van der Waals surface area contributed by atoms with E-state index in [1.807, 2.05) is 6.07 Å². The molecule has 1 aromatic carbocycles. The van der Waals surface area contributed by atoms with Gasteiger partial charge in [0, 0.05) is 15.5 Å². The second-order valence-electron chi connectivity index (χ2n) is 4.66. The van der Waals surface area contributed by atoms with E-state index in [0.29, 0.717) is 12.0 Å². The first kappa shape index (κ1) is 15.0. The van der Waals surface area contributed by atoms with Crippen molar-refractivity contribution >= 4 is 27.5 Å². The van der Waals surface area contributed by atoms with E-state index in [9.17, 15) is 0 Å². The number of halogens is 2. The van der Waals surface area contributed by atoms with Crippen LogP contribution in [0.5, 0.6) is 0 Å². The Balaban J connectivity index is 2.58. The van der Waals surface area contributed by atoms with Crippen LogP contribution in [0.15, 0.2) is 22.7 Å². The maximum absolute atomic E-state index is 6.23. The van der Waals surface area contributed by atoms with Gasteiger partial charge in [0.25, 0.3) is 0 Å². The molecule has 0 fully saturated rings. The van der Waals surface area contributed by atoms with Crippen molar-refractivity contribution in [1.82, 2.24) is 5.32 Å². The van der Waals surface area contributed by atoms with E-state index in [2.05, 4.69) is 54.2 Å². The first-order chi connectivity index (χ1) is 8.04. The Morgan fingerprint density at radius 1 is 1.35 bits per heavy atom. The summed E-state index contributed by atoms with van der Waals surface area (Å²) in [6.45, 7) is 7.79. The van der Waals surface area contributed by atoms with E-state index < -0.39 is 0 Å². The minimum atomic E-state index is 0.523. The van der Waals surface area contributed by atoms with Gasteiger partial charge in [0.1, 0.15) is 0 Å². The summed E-state index contributed by atoms with van der Waals surface area (Å²) < 4.78 is 1.04. The molecule has 3 heteroatoms. The molecule has 17 heavy (non-hydrogen) atoms. The van der Waals surface area contributed by atoms with Gasteiger partial charge in [-0.2, -0.15) is 0 Å². The summed E-state index contributed by atoms with van der Waals surface area (Å²) in [4.78, 5) is 0. The van der Waals surface area contributed by atoms with E-state index >= 15 is 0 Å². The molecule has 0 aliphatic carbocycles. The Kier molecular flexibility index (Phi) is 6.53. The highest BCUT2D eigenvalue weighted by atomic mass is 79.9. The van der Waals surface area contributed by atoms with Gasteiger partial charge >= 0.3 is 0 Å². The third-order valence-corrected chi connectivity index (χ3v) is 3.97. The predicted octanol–water partition coefficient (Wildman–Crippen LogP) is 4.67. The average Bonchev–Trinajstić information content (AvgIpc) is 2.29. The van der Waals surface area contributed by atoms with E-state index in [1.165, 1.54) is 12.0 Å². The molecular formula is C14H21BrClN. The van der Waals surface area contributed by atoms with Crippen molar-refractivity contribution in [3.8, 4) is 0 Å². The number of benzene rings is 1. The molecule has 0 heterocycles. The van der Waals surface area contributed by atoms with Crippen LogP contribution in [0.1, 0.15) is 32.8 Å². The third-order valence-electron chi connectivity index (χ3n) is 3.13. The lowest BCUT2D eigenvalue weighted by atomic mass is 9.95. The maximum atomic E-state index is 6.23. The molecule has 0 spiro atoms. The predicted molar refractivity (Wildman–Crippen MR) is 79.8 cm³/mol. The van der Waals surface area contributed by atoms with Gasteiger partial charge in [0.15, 0.2) is 0 Å². The maximum Gasteiger partial charge on any atom is 0.0449 e. The van der Waals surface area contributed by atoms with E-state index in [-0.39, 0.29) is 0 Å². The smallest absolute Gasteiger partial charge is 0.0449 e. The molecule has 0 saturated carbocycles. The van der Waals surface area contributed by atoms with Crippen molar-refractivity contribution in [3.63, 3.8) is 0 Å². The molecule has 2 unspecified atom stereocenters. The van der Waals surface area contributed by atoms with Crippen LogP contribution < -0.4 is 5.32 Å². The average molecular weight is 319 g/mol. The van der Waals surface area contributed by atoms with E-state index in [4.69, 9.17) is 11.6 Å². The van der Waals surface area contributed by atoms with Crippen LogP contribution in [0.2, 0.25) is 5.02 Å². The molecule has 1 N–H and O–H groups in total. The molecule has 0 saturated heterocycles. The van der Waals surface area contributed by atoms with Crippen LogP contribution in [0.25, 0.3) is 0 Å². The molecule has 0 aliphatic heterocycles. The standard InChI is InChI=1S/C14H21BrClN/c1-4-7-17-11(3)10(2)8-12-5-6-13(15)9-14(12)16/h5-6,9-11,17H,4,7-8H2,1-3H3. The molecule has 0 radical (unpaired) electrons. The first-order valence-electron chi connectivity index (χ1n) is 6.22. The minimum Gasteiger partial charge on any atom is -0.314 e. The zero-order valence-corrected chi connectivity index (χ0v) is 13.1. The second-order valence-corrected chi connectivity index (χ2v) is 5.98. The van der Waals surface area contributed by atoms with Crippen LogP contribution in [0.3, 0.4) is 0 Å². The summed E-state index contributed by atoms with van der Waals surface area (Å²) >= 11 is 9.66. The first-order valence-corrected chi connectivity index (χ1v) is 7.39. The van der Waals surface area contributed by atoms with Crippen molar-refractivity contribution in [2.45, 2.75) is 39.7 Å². The molecule has 0 bridgehead atoms. The summed E-state index contributed by atoms with van der Waals surface area (Å²) in [5, 5.41) is 4.39. The fourth-order valence-corrected chi connectivity index (χ4v) is 2.53. The Hall–Kier alpha value is -0.0500. The largest absolute Gasteiger partial charge is 0.314 e. The van der Waals surface area contributed by atoms with Crippen molar-refractivity contribution < 1.29 is 0 Å². The fourth-order valence-electron chi connectivity index (χ4n) is 1.78. The van der Waals surface area contributed by atoms with E-state index in [1.54, 1.807) is 0 Å². The number of rotatable bonds is 6. The van der Waals surface area contributed by atoms with Crippen LogP contribution in [-0.4, -0.2) is 12.6 Å². The Bertz CT molecular complexity index is 354. The molecule has 1 aromatic rings. The van der Waals surface area contributed by atoms with Gasteiger partial charge in [-0.15, -0.1) is 0 Å². The van der Waals surface area contributed by atoms with Crippen LogP contribution >= 0.6 is 27.5 Å². The Morgan fingerprint density at radius 2 is 2.06 bits per heavy atom. The molecule has 1 nitrogen and oxygen atoms in total. The summed E-state index contributed by atoms with van der Waals surface area (Å²) in [6.07, 6.45) is 2.19. The van der Waals surface area contributed by atoms with Crippen LogP contribution in [-0.2, 0) is 6.42 Å². The molecule has 0 amide bonds. The summed E-state index contributed by atoms with van der Waals surface area (Å²) in [7, 11) is 0. The molecule has 0 aliphatic rings. The van der Waals surface area contributed by atoms with Crippen molar-refractivity contribution in [3.05, 3.63) is 33.3 Å². The van der Waals surface area contributed by atoms with Gasteiger partial charge in [0.05, 0.1) is 0 Å². The van der Waals surface area contributed by atoms with Gasteiger partial charge < -0.3 is 5.32 Å². The molecule has 2 atom stereocenters. The molecule has 1 rings (SSSR count). The lowest BCUT2D eigenvalue weighted by Gasteiger charge is -2.21. The molecule has 0 aromatic heterocycles. The fraction of sp³-hybridized carbons (Fsp3) is 0.571. The minimum absolute atomic E-state index is 0.523. The van der Waals surface area contributed by atoms with Gasteiger partial charge in [0.2, 0.25) is 0 Å². The van der Waals surface area contributed by atoms with Crippen LogP contribution in [0, 0.1) is 5.92 Å². The third kappa shape index (κ3) is 4.99. The van der Waals surface area contributed by atoms with Gasteiger partial charge in [-0.1, -0.05) is 47.4 Å². The highest BCUT2D eigenvalue weighted by molar-refractivity contribution is 9.10.